The van der Waals surface area contributed by atoms with Crippen LogP contribution in [0.15, 0.2) is 10.9 Å². The quantitative estimate of drug-likeness (QED) is 0.596. The van der Waals surface area contributed by atoms with Crippen LogP contribution in [0.4, 0.5) is 14.5 Å². The first-order valence-electron chi connectivity index (χ1n) is 3.77. The third-order valence-electron chi connectivity index (χ3n) is 1.68. The molecule has 0 spiro atoms. The molecule has 86 valence electrons. The second-order valence-electron chi connectivity index (χ2n) is 2.67. The molecule has 0 atom stereocenters. The van der Waals surface area contributed by atoms with E-state index >= 15 is 0 Å². The van der Waals surface area contributed by atoms with Crippen molar-refractivity contribution in [2.75, 3.05) is 0 Å². The molecule has 0 amide bonds. The van der Waals surface area contributed by atoms with Crippen molar-refractivity contribution in [2.45, 2.75) is 6.43 Å². The average molecular weight is 234 g/mol. The van der Waals surface area contributed by atoms with Gasteiger partial charge in [-0.25, -0.2) is 13.6 Å². The standard InChI is InChI=1S/C7H4F2N2O5/c8-6(9)5-4(7(13)14)2(11(15)16)1-3(12)10-5/h1,6H,(H,10,12)(H,13,14). The van der Waals surface area contributed by atoms with Gasteiger partial charge in [0.15, 0.2) is 5.56 Å². The SMILES string of the molecule is O=C(O)c1c([N+](=O)[O-])cc(=O)[nH]c1C(F)F. The monoisotopic (exact) mass is 234 g/mol. The molecular weight excluding hydrogens is 230 g/mol. The maximum absolute atomic E-state index is 12.4. The molecule has 0 aliphatic carbocycles. The van der Waals surface area contributed by atoms with Gasteiger partial charge in [0.05, 0.1) is 11.0 Å². The number of carbonyl (C=O) groups is 1. The minimum Gasteiger partial charge on any atom is -0.477 e. The van der Waals surface area contributed by atoms with Gasteiger partial charge in [0.1, 0.15) is 5.69 Å². The van der Waals surface area contributed by atoms with Crippen LogP contribution in [0.3, 0.4) is 0 Å². The summed E-state index contributed by atoms with van der Waals surface area (Å²) in [4.78, 5) is 32.2. The summed E-state index contributed by atoms with van der Waals surface area (Å²) in [7, 11) is 0. The Bertz CT molecular complexity index is 510. The first kappa shape index (κ1) is 11.8. The maximum atomic E-state index is 12.4. The summed E-state index contributed by atoms with van der Waals surface area (Å²) in [6.45, 7) is 0. The van der Waals surface area contributed by atoms with Crippen molar-refractivity contribution in [3.8, 4) is 0 Å². The molecule has 0 fully saturated rings. The fraction of sp³-hybridized carbons (Fsp3) is 0.143. The van der Waals surface area contributed by atoms with Crippen molar-refractivity contribution in [2.24, 2.45) is 0 Å². The van der Waals surface area contributed by atoms with Gasteiger partial charge >= 0.3 is 5.97 Å². The Balaban J connectivity index is 3.67. The predicted octanol–water partition coefficient (Wildman–Crippen LogP) is 0.919. The summed E-state index contributed by atoms with van der Waals surface area (Å²) < 4.78 is 24.7. The zero-order valence-corrected chi connectivity index (χ0v) is 7.44. The summed E-state index contributed by atoms with van der Waals surface area (Å²) in [5.41, 5.74) is -4.80. The van der Waals surface area contributed by atoms with Crippen LogP contribution in [0.25, 0.3) is 0 Å². The number of hydrogen-bond donors (Lipinski definition) is 2. The van der Waals surface area contributed by atoms with E-state index < -0.39 is 39.8 Å². The van der Waals surface area contributed by atoms with Crippen molar-refractivity contribution >= 4 is 11.7 Å². The molecule has 0 saturated heterocycles. The van der Waals surface area contributed by atoms with Crippen molar-refractivity contribution in [3.63, 3.8) is 0 Å². The maximum Gasteiger partial charge on any atom is 0.344 e. The number of nitrogens with one attached hydrogen (secondary N) is 1. The molecule has 16 heavy (non-hydrogen) atoms. The van der Waals surface area contributed by atoms with E-state index in [9.17, 15) is 28.5 Å². The number of carboxylic acid groups (broad SMARTS) is 1. The highest BCUT2D eigenvalue weighted by Gasteiger charge is 2.29. The predicted molar refractivity (Wildman–Crippen MR) is 45.6 cm³/mol. The summed E-state index contributed by atoms with van der Waals surface area (Å²) in [6, 6.07) is 0.343. The van der Waals surface area contributed by atoms with Gasteiger partial charge in [-0.1, -0.05) is 0 Å². The highest BCUT2D eigenvalue weighted by molar-refractivity contribution is 5.93. The molecule has 7 nitrogen and oxygen atoms in total. The van der Waals surface area contributed by atoms with Crippen LogP contribution in [-0.2, 0) is 0 Å². The number of aromatic amines is 1. The molecule has 0 unspecified atom stereocenters. The topological polar surface area (TPSA) is 113 Å². The third-order valence-corrected chi connectivity index (χ3v) is 1.68. The molecule has 1 aromatic heterocycles. The van der Waals surface area contributed by atoms with Crippen molar-refractivity contribution < 1.29 is 23.6 Å². The van der Waals surface area contributed by atoms with E-state index in [1.807, 2.05) is 0 Å². The number of nitro groups is 1. The minimum atomic E-state index is -3.32. The number of nitrogens with zero attached hydrogens (tertiary/aromatic N) is 1. The smallest absolute Gasteiger partial charge is 0.344 e. The Morgan fingerprint density at radius 2 is 2.12 bits per heavy atom. The van der Waals surface area contributed by atoms with Crippen molar-refractivity contribution in [1.29, 1.82) is 0 Å². The summed E-state index contributed by atoms with van der Waals surface area (Å²) in [5, 5.41) is 19.0. The van der Waals surface area contributed by atoms with E-state index in [0.29, 0.717) is 6.07 Å². The van der Waals surface area contributed by atoms with E-state index in [-0.39, 0.29) is 0 Å². The van der Waals surface area contributed by atoms with E-state index in [4.69, 9.17) is 5.11 Å². The van der Waals surface area contributed by atoms with Crippen molar-refractivity contribution in [1.82, 2.24) is 4.98 Å². The molecule has 1 rings (SSSR count). The molecule has 1 aromatic rings. The molecular formula is C7H4F2N2O5. The Kier molecular flexibility index (Phi) is 2.97. The van der Waals surface area contributed by atoms with Gasteiger partial charge in [-0.15, -0.1) is 0 Å². The van der Waals surface area contributed by atoms with Gasteiger partial charge in [0.25, 0.3) is 17.7 Å². The van der Waals surface area contributed by atoms with Gasteiger partial charge in [0.2, 0.25) is 0 Å². The zero-order chi connectivity index (χ0) is 12.5. The summed E-state index contributed by atoms with van der Waals surface area (Å²) >= 11 is 0. The van der Waals surface area contributed by atoms with Gasteiger partial charge < -0.3 is 10.1 Å². The largest absolute Gasteiger partial charge is 0.477 e. The summed E-state index contributed by atoms with van der Waals surface area (Å²) in [5.74, 6) is -1.90. The van der Waals surface area contributed by atoms with Gasteiger partial charge in [0, 0.05) is 0 Å². The second-order valence-corrected chi connectivity index (χ2v) is 2.67. The van der Waals surface area contributed by atoms with Gasteiger partial charge in [-0.2, -0.15) is 0 Å². The molecule has 0 aliphatic heterocycles. The van der Waals surface area contributed by atoms with Crippen LogP contribution < -0.4 is 5.56 Å². The van der Waals surface area contributed by atoms with Crippen LogP contribution in [0.2, 0.25) is 0 Å². The van der Waals surface area contributed by atoms with Crippen molar-refractivity contribution in [3.05, 3.63) is 37.8 Å². The second kappa shape index (κ2) is 4.04. The first-order valence-corrected chi connectivity index (χ1v) is 3.77. The number of alkyl halides is 2. The Morgan fingerprint density at radius 3 is 2.50 bits per heavy atom. The molecule has 2 N–H and O–H groups in total. The number of aromatic carboxylic acids is 1. The number of hydrogen-bond acceptors (Lipinski definition) is 4. The van der Waals surface area contributed by atoms with E-state index in [0.717, 1.165) is 0 Å². The Labute approximate surface area is 85.5 Å². The van der Waals surface area contributed by atoms with Crippen LogP contribution in [0.1, 0.15) is 22.5 Å². The van der Waals surface area contributed by atoms with Crippen LogP contribution in [-0.4, -0.2) is 21.0 Å². The fourth-order valence-corrected chi connectivity index (χ4v) is 1.10. The fourth-order valence-electron chi connectivity index (χ4n) is 1.10. The lowest BCUT2D eigenvalue weighted by molar-refractivity contribution is -0.385. The average Bonchev–Trinajstić information content (AvgIpc) is 2.15. The molecule has 0 aliphatic rings. The third kappa shape index (κ3) is 2.02. The lowest BCUT2D eigenvalue weighted by atomic mass is 10.1. The highest BCUT2D eigenvalue weighted by Crippen LogP contribution is 2.26. The number of H-pyrrole nitrogens is 1. The molecule has 0 bridgehead atoms. The first-order chi connectivity index (χ1) is 7.34. The lowest BCUT2D eigenvalue weighted by Gasteiger charge is -2.04. The molecule has 0 radical (unpaired) electrons. The number of pyridine rings is 1. The van der Waals surface area contributed by atoms with Gasteiger partial charge in [-0.05, 0) is 0 Å². The van der Waals surface area contributed by atoms with E-state index in [2.05, 4.69) is 0 Å². The Morgan fingerprint density at radius 1 is 1.56 bits per heavy atom. The van der Waals surface area contributed by atoms with Crippen LogP contribution in [0.5, 0.6) is 0 Å². The number of aromatic nitrogens is 1. The molecule has 0 saturated carbocycles. The molecule has 0 aromatic carbocycles. The van der Waals surface area contributed by atoms with E-state index in [1.165, 1.54) is 0 Å². The highest BCUT2D eigenvalue weighted by atomic mass is 19.3. The number of carboxylic acids is 1. The number of rotatable bonds is 3. The lowest BCUT2D eigenvalue weighted by Crippen LogP contribution is -2.17. The zero-order valence-electron chi connectivity index (χ0n) is 7.44. The van der Waals surface area contributed by atoms with Crippen LogP contribution in [0, 0.1) is 10.1 Å². The van der Waals surface area contributed by atoms with E-state index in [1.54, 1.807) is 4.98 Å². The summed E-state index contributed by atoms with van der Waals surface area (Å²) in [6.07, 6.45) is -3.32. The van der Waals surface area contributed by atoms with Crippen LogP contribution >= 0.6 is 0 Å². The molecule has 1 heterocycles. The number of halogens is 2. The normalized spacial score (nSPS) is 10.4. The van der Waals surface area contributed by atoms with Gasteiger partial charge in [-0.3, -0.25) is 14.9 Å². The molecule has 9 heteroatoms. The Hall–Kier alpha value is -2.32. The minimum absolute atomic E-state index is 0.343.